The van der Waals surface area contributed by atoms with Gasteiger partial charge in [0.1, 0.15) is 12.4 Å². The van der Waals surface area contributed by atoms with Crippen LogP contribution in [0.2, 0.25) is 0 Å². The quantitative estimate of drug-likeness (QED) is 0.748. The monoisotopic (exact) mass is 290 g/mol. The SMILES string of the molecule is O=C1c2cc(F)c(F)cc2COc2cc3c(cc21)OCO3. The van der Waals surface area contributed by atoms with Crippen LogP contribution < -0.4 is 14.2 Å². The fraction of sp³-hybridized carbons (Fsp3) is 0.133. The van der Waals surface area contributed by atoms with E-state index < -0.39 is 17.4 Å². The molecule has 0 spiro atoms. The number of carbonyl (C=O) groups excluding carboxylic acids is 1. The molecule has 2 aromatic rings. The standard InChI is InChI=1S/C15H8F2O4/c16-10-1-7-5-19-12-4-14-13(20-6-21-14)3-9(12)15(18)8(7)2-11(10)17/h1-4H,5-6H2. The molecule has 0 aromatic heterocycles. The van der Waals surface area contributed by atoms with Crippen LogP contribution in [0.25, 0.3) is 0 Å². The average molecular weight is 290 g/mol. The third kappa shape index (κ3) is 1.75. The Labute approximate surface area is 117 Å². The van der Waals surface area contributed by atoms with E-state index in [0.717, 1.165) is 12.1 Å². The number of hydrogen-bond acceptors (Lipinski definition) is 4. The molecule has 0 amide bonds. The Bertz CT molecular complexity index is 786. The van der Waals surface area contributed by atoms with E-state index in [9.17, 15) is 13.6 Å². The fourth-order valence-corrected chi connectivity index (χ4v) is 2.44. The van der Waals surface area contributed by atoms with Crippen molar-refractivity contribution >= 4 is 5.78 Å². The minimum atomic E-state index is -1.06. The van der Waals surface area contributed by atoms with Crippen molar-refractivity contribution in [2.75, 3.05) is 6.79 Å². The molecule has 4 nitrogen and oxygen atoms in total. The first-order valence-electron chi connectivity index (χ1n) is 6.22. The summed E-state index contributed by atoms with van der Waals surface area (Å²) in [5, 5.41) is 0. The molecule has 106 valence electrons. The summed E-state index contributed by atoms with van der Waals surface area (Å²) in [5.74, 6) is -1.30. The van der Waals surface area contributed by atoms with Gasteiger partial charge in [-0.05, 0) is 18.2 Å². The molecular weight excluding hydrogens is 282 g/mol. The van der Waals surface area contributed by atoms with Crippen molar-refractivity contribution in [2.24, 2.45) is 0 Å². The Hall–Kier alpha value is -2.63. The molecular formula is C15H8F2O4. The topological polar surface area (TPSA) is 44.8 Å². The summed E-state index contributed by atoms with van der Waals surface area (Å²) in [4.78, 5) is 12.5. The van der Waals surface area contributed by atoms with Crippen LogP contribution in [0.1, 0.15) is 21.5 Å². The van der Waals surface area contributed by atoms with Crippen molar-refractivity contribution in [2.45, 2.75) is 6.61 Å². The zero-order valence-electron chi connectivity index (χ0n) is 10.6. The van der Waals surface area contributed by atoms with Crippen LogP contribution in [-0.2, 0) is 6.61 Å². The number of carbonyl (C=O) groups is 1. The molecule has 0 fully saturated rings. The maximum absolute atomic E-state index is 13.4. The van der Waals surface area contributed by atoms with E-state index in [1.165, 1.54) is 6.07 Å². The number of hydrogen-bond donors (Lipinski definition) is 0. The van der Waals surface area contributed by atoms with Crippen molar-refractivity contribution in [3.63, 3.8) is 0 Å². The van der Waals surface area contributed by atoms with Crippen LogP contribution in [0.3, 0.4) is 0 Å². The summed E-state index contributed by atoms with van der Waals surface area (Å²) < 4.78 is 42.7. The maximum atomic E-state index is 13.4. The highest BCUT2D eigenvalue weighted by Crippen LogP contribution is 2.40. The van der Waals surface area contributed by atoms with E-state index in [-0.39, 0.29) is 24.5 Å². The summed E-state index contributed by atoms with van der Waals surface area (Å²) in [6.45, 7) is 0.0494. The first-order chi connectivity index (χ1) is 10.1. The molecule has 0 N–H and O–H groups in total. The number of ketones is 1. The van der Waals surface area contributed by atoms with Crippen LogP contribution in [0, 0.1) is 11.6 Å². The summed E-state index contributed by atoms with van der Waals surface area (Å²) in [6, 6.07) is 4.93. The van der Waals surface area contributed by atoms with Gasteiger partial charge in [-0.2, -0.15) is 0 Å². The van der Waals surface area contributed by atoms with Crippen LogP contribution >= 0.6 is 0 Å². The molecule has 21 heavy (non-hydrogen) atoms. The summed E-state index contributed by atoms with van der Waals surface area (Å²) in [7, 11) is 0. The molecule has 2 heterocycles. The number of benzene rings is 2. The molecule has 4 rings (SSSR count). The van der Waals surface area contributed by atoms with Gasteiger partial charge in [0, 0.05) is 17.2 Å². The zero-order chi connectivity index (χ0) is 14.6. The Morgan fingerprint density at radius 3 is 2.33 bits per heavy atom. The minimum Gasteiger partial charge on any atom is -0.488 e. The van der Waals surface area contributed by atoms with Gasteiger partial charge in [-0.15, -0.1) is 0 Å². The van der Waals surface area contributed by atoms with Crippen LogP contribution in [0.5, 0.6) is 17.2 Å². The molecule has 0 radical (unpaired) electrons. The second kappa shape index (κ2) is 4.18. The molecule has 0 unspecified atom stereocenters. The van der Waals surface area contributed by atoms with Crippen molar-refractivity contribution in [1.29, 1.82) is 0 Å². The molecule has 2 aliphatic heterocycles. The molecule has 0 saturated carbocycles. The van der Waals surface area contributed by atoms with Crippen molar-refractivity contribution in [3.05, 3.63) is 52.6 Å². The number of ether oxygens (including phenoxy) is 3. The smallest absolute Gasteiger partial charge is 0.231 e. The van der Waals surface area contributed by atoms with Crippen molar-refractivity contribution in [3.8, 4) is 17.2 Å². The van der Waals surface area contributed by atoms with Gasteiger partial charge in [-0.1, -0.05) is 0 Å². The number of rotatable bonds is 0. The normalized spacial score (nSPS) is 15.0. The first-order valence-corrected chi connectivity index (χ1v) is 6.22. The third-order valence-electron chi connectivity index (χ3n) is 3.49. The van der Waals surface area contributed by atoms with Crippen molar-refractivity contribution < 1.29 is 27.8 Å². The lowest BCUT2D eigenvalue weighted by molar-refractivity contribution is 0.103. The summed E-state index contributed by atoms with van der Waals surface area (Å²) in [6.07, 6.45) is 0. The van der Waals surface area contributed by atoms with Gasteiger partial charge in [0.15, 0.2) is 28.9 Å². The predicted octanol–water partition coefficient (Wildman–Crippen LogP) is 2.82. The van der Waals surface area contributed by atoms with E-state index in [4.69, 9.17) is 14.2 Å². The second-order valence-corrected chi connectivity index (χ2v) is 4.74. The Balaban J connectivity index is 1.90. The number of fused-ring (bicyclic) bond motifs is 3. The van der Waals surface area contributed by atoms with Gasteiger partial charge in [-0.25, -0.2) is 8.78 Å². The van der Waals surface area contributed by atoms with E-state index in [0.29, 0.717) is 22.8 Å². The lowest BCUT2D eigenvalue weighted by Crippen LogP contribution is -2.05. The van der Waals surface area contributed by atoms with E-state index >= 15 is 0 Å². The van der Waals surface area contributed by atoms with Gasteiger partial charge < -0.3 is 14.2 Å². The van der Waals surface area contributed by atoms with Gasteiger partial charge in [-0.3, -0.25) is 4.79 Å². The highest BCUT2D eigenvalue weighted by Gasteiger charge is 2.28. The predicted molar refractivity (Wildman–Crippen MR) is 66.7 cm³/mol. The van der Waals surface area contributed by atoms with E-state index in [1.54, 1.807) is 6.07 Å². The van der Waals surface area contributed by atoms with Gasteiger partial charge in [0.2, 0.25) is 6.79 Å². The van der Waals surface area contributed by atoms with Gasteiger partial charge >= 0.3 is 0 Å². The fourth-order valence-electron chi connectivity index (χ4n) is 2.44. The third-order valence-corrected chi connectivity index (χ3v) is 3.49. The average Bonchev–Trinajstić information content (AvgIpc) is 2.88. The molecule has 0 saturated heterocycles. The Kier molecular flexibility index (Phi) is 2.42. The molecule has 2 aliphatic rings. The van der Waals surface area contributed by atoms with Gasteiger partial charge in [0.25, 0.3) is 0 Å². The second-order valence-electron chi connectivity index (χ2n) is 4.74. The minimum absolute atomic E-state index is 0.0229. The molecule has 0 bridgehead atoms. The zero-order valence-corrected chi connectivity index (χ0v) is 10.6. The molecule has 2 aromatic carbocycles. The highest BCUT2D eigenvalue weighted by atomic mass is 19.2. The van der Waals surface area contributed by atoms with Crippen molar-refractivity contribution in [1.82, 2.24) is 0 Å². The summed E-state index contributed by atoms with van der Waals surface area (Å²) in [5.41, 5.74) is 0.632. The first kappa shape index (κ1) is 12.1. The Morgan fingerprint density at radius 2 is 1.52 bits per heavy atom. The lowest BCUT2D eigenvalue weighted by atomic mass is 9.98. The largest absolute Gasteiger partial charge is 0.488 e. The molecule has 0 atom stereocenters. The number of halogens is 2. The van der Waals surface area contributed by atoms with E-state index in [1.807, 2.05) is 0 Å². The molecule has 6 heteroatoms. The summed E-state index contributed by atoms with van der Waals surface area (Å²) >= 11 is 0. The highest BCUT2D eigenvalue weighted by molar-refractivity contribution is 6.12. The van der Waals surface area contributed by atoms with Gasteiger partial charge in [0.05, 0.1) is 5.56 Å². The lowest BCUT2D eigenvalue weighted by Gasteiger charge is -2.07. The Morgan fingerprint density at radius 1 is 0.810 bits per heavy atom. The maximum Gasteiger partial charge on any atom is 0.231 e. The van der Waals surface area contributed by atoms with Crippen LogP contribution in [-0.4, -0.2) is 12.6 Å². The van der Waals surface area contributed by atoms with Crippen LogP contribution in [0.4, 0.5) is 8.78 Å². The van der Waals surface area contributed by atoms with Crippen LogP contribution in [0.15, 0.2) is 24.3 Å². The molecule has 0 aliphatic carbocycles. The van der Waals surface area contributed by atoms with E-state index in [2.05, 4.69) is 0 Å².